The van der Waals surface area contributed by atoms with Crippen LogP contribution in [0.5, 0.6) is 0 Å². The van der Waals surface area contributed by atoms with Gasteiger partial charge in [-0.05, 0) is 30.9 Å². The molecule has 0 amide bonds. The van der Waals surface area contributed by atoms with Gasteiger partial charge in [-0.3, -0.25) is 4.90 Å². The lowest BCUT2D eigenvalue weighted by Crippen LogP contribution is -2.47. The summed E-state index contributed by atoms with van der Waals surface area (Å²) in [6.07, 6.45) is 5.25. The van der Waals surface area contributed by atoms with Gasteiger partial charge in [0.2, 0.25) is 0 Å². The van der Waals surface area contributed by atoms with Crippen molar-refractivity contribution in [1.29, 1.82) is 0 Å². The van der Waals surface area contributed by atoms with Crippen LogP contribution in [-0.2, 0) is 0 Å². The highest BCUT2D eigenvalue weighted by molar-refractivity contribution is 7.99. The van der Waals surface area contributed by atoms with E-state index in [4.69, 9.17) is 0 Å². The van der Waals surface area contributed by atoms with Crippen LogP contribution in [0.1, 0.15) is 46.5 Å². The third-order valence-electron chi connectivity index (χ3n) is 3.94. The van der Waals surface area contributed by atoms with Crippen LogP contribution in [0.25, 0.3) is 0 Å². The van der Waals surface area contributed by atoms with E-state index < -0.39 is 0 Å². The Hall–Kier alpha value is 0.660. The topological polar surface area (TPSA) is 3.24 Å². The van der Waals surface area contributed by atoms with E-state index in [1.807, 2.05) is 0 Å². The largest absolute Gasteiger partial charge is 0.298 e. The summed E-state index contributed by atoms with van der Waals surface area (Å²) >= 11 is 6.77. The SMILES string of the molecule is CCCC(CS)(CCC)CN1CCSCC1C. The third kappa shape index (κ3) is 4.68. The normalized spacial score (nSPS) is 22.9. The summed E-state index contributed by atoms with van der Waals surface area (Å²) in [7, 11) is 0. The second kappa shape index (κ2) is 7.96. The van der Waals surface area contributed by atoms with Gasteiger partial charge in [-0.1, -0.05) is 26.7 Å². The maximum absolute atomic E-state index is 4.67. The maximum atomic E-state index is 4.67. The molecule has 1 unspecified atom stereocenters. The molecular formula is C14H29NS2. The predicted molar refractivity (Wildman–Crippen MR) is 84.5 cm³/mol. The van der Waals surface area contributed by atoms with E-state index in [9.17, 15) is 0 Å². The van der Waals surface area contributed by atoms with E-state index in [-0.39, 0.29) is 0 Å². The molecule has 1 nitrogen and oxygen atoms in total. The summed E-state index contributed by atoms with van der Waals surface area (Å²) in [5, 5.41) is 0. The van der Waals surface area contributed by atoms with Gasteiger partial charge in [0, 0.05) is 30.6 Å². The molecule has 1 saturated heterocycles. The highest BCUT2D eigenvalue weighted by Gasteiger charge is 2.31. The first-order valence-electron chi connectivity index (χ1n) is 7.10. The summed E-state index contributed by atoms with van der Waals surface area (Å²) in [6.45, 7) is 9.54. The van der Waals surface area contributed by atoms with Crippen molar-refractivity contribution >= 4 is 24.4 Å². The summed E-state index contributed by atoms with van der Waals surface area (Å²) in [5.74, 6) is 3.66. The Morgan fingerprint density at radius 2 is 1.94 bits per heavy atom. The Kier molecular flexibility index (Phi) is 7.36. The first kappa shape index (κ1) is 15.7. The van der Waals surface area contributed by atoms with Gasteiger partial charge < -0.3 is 0 Å². The molecule has 0 N–H and O–H groups in total. The highest BCUT2D eigenvalue weighted by Crippen LogP contribution is 2.34. The van der Waals surface area contributed by atoms with Crippen molar-refractivity contribution in [3.63, 3.8) is 0 Å². The predicted octanol–water partition coefficient (Wildman–Crippen LogP) is 3.94. The van der Waals surface area contributed by atoms with E-state index in [0.29, 0.717) is 5.41 Å². The minimum absolute atomic E-state index is 0.461. The summed E-state index contributed by atoms with van der Waals surface area (Å²) in [5.41, 5.74) is 0.461. The van der Waals surface area contributed by atoms with Gasteiger partial charge in [0.1, 0.15) is 0 Å². The molecule has 0 bridgehead atoms. The van der Waals surface area contributed by atoms with Gasteiger partial charge in [0.15, 0.2) is 0 Å². The van der Waals surface area contributed by atoms with Gasteiger partial charge in [0.05, 0.1) is 0 Å². The Morgan fingerprint density at radius 1 is 1.29 bits per heavy atom. The average Bonchev–Trinajstić information content (AvgIpc) is 2.33. The Morgan fingerprint density at radius 3 is 2.41 bits per heavy atom. The number of hydrogen-bond acceptors (Lipinski definition) is 3. The summed E-state index contributed by atoms with van der Waals surface area (Å²) in [4.78, 5) is 2.71. The van der Waals surface area contributed by atoms with Crippen molar-refractivity contribution in [1.82, 2.24) is 4.90 Å². The van der Waals surface area contributed by atoms with Gasteiger partial charge in [-0.15, -0.1) is 0 Å². The molecular weight excluding hydrogens is 246 g/mol. The van der Waals surface area contributed by atoms with Crippen LogP contribution in [0.3, 0.4) is 0 Å². The first-order chi connectivity index (χ1) is 8.17. The molecule has 1 aliphatic rings. The number of hydrogen-bond donors (Lipinski definition) is 1. The number of nitrogens with zero attached hydrogens (tertiary/aromatic N) is 1. The quantitative estimate of drug-likeness (QED) is 0.701. The molecule has 1 aliphatic heterocycles. The number of thioether (sulfide) groups is 1. The molecule has 1 fully saturated rings. The van der Waals surface area contributed by atoms with Crippen LogP contribution in [0.4, 0.5) is 0 Å². The molecule has 0 saturated carbocycles. The fourth-order valence-corrected chi connectivity index (χ4v) is 4.48. The van der Waals surface area contributed by atoms with Crippen LogP contribution >= 0.6 is 24.4 Å². The van der Waals surface area contributed by atoms with Crippen molar-refractivity contribution in [3.8, 4) is 0 Å². The van der Waals surface area contributed by atoms with Crippen LogP contribution in [0.15, 0.2) is 0 Å². The molecule has 0 aromatic carbocycles. The highest BCUT2D eigenvalue weighted by atomic mass is 32.2. The van der Waals surface area contributed by atoms with E-state index in [1.54, 1.807) is 0 Å². The number of thiol groups is 1. The zero-order valence-corrected chi connectivity index (χ0v) is 13.5. The first-order valence-corrected chi connectivity index (χ1v) is 8.89. The van der Waals surface area contributed by atoms with Gasteiger partial charge in [-0.2, -0.15) is 24.4 Å². The van der Waals surface area contributed by atoms with Crippen LogP contribution in [-0.4, -0.2) is 41.3 Å². The molecule has 0 aliphatic carbocycles. The maximum Gasteiger partial charge on any atom is 0.0158 e. The van der Waals surface area contributed by atoms with E-state index >= 15 is 0 Å². The molecule has 3 heteroatoms. The fraction of sp³-hybridized carbons (Fsp3) is 1.00. The Bertz CT molecular complexity index is 202. The fourth-order valence-electron chi connectivity index (χ4n) is 2.98. The smallest absolute Gasteiger partial charge is 0.0158 e. The Labute approximate surface area is 118 Å². The van der Waals surface area contributed by atoms with Gasteiger partial charge in [0.25, 0.3) is 0 Å². The number of rotatable bonds is 7. The monoisotopic (exact) mass is 275 g/mol. The molecule has 0 spiro atoms. The lowest BCUT2D eigenvalue weighted by atomic mass is 9.80. The van der Waals surface area contributed by atoms with E-state index in [0.717, 1.165) is 11.8 Å². The molecule has 1 atom stereocenters. The Balaban J connectivity index is 2.62. The minimum Gasteiger partial charge on any atom is -0.298 e. The van der Waals surface area contributed by atoms with Crippen molar-refractivity contribution in [2.75, 3.05) is 30.3 Å². The van der Waals surface area contributed by atoms with Gasteiger partial charge in [-0.25, -0.2) is 0 Å². The van der Waals surface area contributed by atoms with Gasteiger partial charge >= 0.3 is 0 Å². The van der Waals surface area contributed by atoms with Crippen molar-refractivity contribution < 1.29 is 0 Å². The standard InChI is InChI=1S/C14H29NS2/c1-4-6-14(12-16,7-5-2)11-15-8-9-17-10-13(15)3/h13,16H,4-12H2,1-3H3. The third-order valence-corrected chi connectivity index (χ3v) is 5.80. The van der Waals surface area contributed by atoms with Crippen LogP contribution in [0.2, 0.25) is 0 Å². The lowest BCUT2D eigenvalue weighted by Gasteiger charge is -2.42. The summed E-state index contributed by atoms with van der Waals surface area (Å²) < 4.78 is 0. The molecule has 1 heterocycles. The second-order valence-corrected chi connectivity index (χ2v) is 7.02. The zero-order valence-electron chi connectivity index (χ0n) is 11.7. The minimum atomic E-state index is 0.461. The van der Waals surface area contributed by atoms with Crippen molar-refractivity contribution in [3.05, 3.63) is 0 Å². The average molecular weight is 276 g/mol. The van der Waals surface area contributed by atoms with Crippen LogP contribution < -0.4 is 0 Å². The van der Waals surface area contributed by atoms with Crippen LogP contribution in [0, 0.1) is 5.41 Å². The van der Waals surface area contributed by atoms with Crippen molar-refractivity contribution in [2.45, 2.75) is 52.5 Å². The lowest BCUT2D eigenvalue weighted by molar-refractivity contribution is 0.125. The molecule has 0 aromatic heterocycles. The molecule has 0 radical (unpaired) electrons. The van der Waals surface area contributed by atoms with E-state index in [2.05, 4.69) is 50.1 Å². The van der Waals surface area contributed by atoms with Crippen molar-refractivity contribution in [2.24, 2.45) is 5.41 Å². The molecule has 1 rings (SSSR count). The van der Waals surface area contributed by atoms with E-state index in [1.165, 1.54) is 50.3 Å². The second-order valence-electron chi connectivity index (χ2n) is 5.55. The molecule has 0 aromatic rings. The zero-order chi connectivity index (χ0) is 12.7. The molecule has 102 valence electrons. The summed E-state index contributed by atoms with van der Waals surface area (Å²) in [6, 6.07) is 0.752. The molecule has 17 heavy (non-hydrogen) atoms.